The third-order valence-corrected chi connectivity index (χ3v) is 9.43. The summed E-state index contributed by atoms with van der Waals surface area (Å²) in [6.07, 6.45) is 13.7. The predicted octanol–water partition coefficient (Wildman–Crippen LogP) is 9.45. The van der Waals surface area contributed by atoms with Crippen molar-refractivity contribution in [3.8, 4) is 5.75 Å². The van der Waals surface area contributed by atoms with Gasteiger partial charge in [0.25, 0.3) is 0 Å². The van der Waals surface area contributed by atoms with Crippen molar-refractivity contribution in [3.63, 3.8) is 0 Å². The lowest BCUT2D eigenvalue weighted by molar-refractivity contribution is 0.411. The number of hydrogen-bond acceptors (Lipinski definition) is 2. The fourth-order valence-corrected chi connectivity index (χ4v) is 7.00. The molecule has 0 spiro atoms. The second-order valence-electron chi connectivity index (χ2n) is 12.6. The number of anilines is 1. The van der Waals surface area contributed by atoms with Crippen molar-refractivity contribution in [2.45, 2.75) is 64.2 Å². The number of hydrogen-bond donors (Lipinski definition) is 0. The Balaban J connectivity index is 1.37. The minimum Gasteiger partial charge on any atom is -0.457 e. The first kappa shape index (κ1) is 26.4. The van der Waals surface area contributed by atoms with Gasteiger partial charge in [-0.3, -0.25) is 0 Å². The topological polar surface area (TPSA) is 12.5 Å². The Bertz CT molecular complexity index is 1530. The summed E-state index contributed by atoms with van der Waals surface area (Å²) in [5, 5.41) is 0. The van der Waals surface area contributed by atoms with Gasteiger partial charge >= 0.3 is 0 Å². The molecule has 0 aromatic heterocycles. The van der Waals surface area contributed by atoms with Crippen LogP contribution >= 0.6 is 0 Å². The number of fused-ring (bicyclic) bond motifs is 2. The molecule has 0 saturated heterocycles. The van der Waals surface area contributed by atoms with Crippen LogP contribution in [-0.4, -0.2) is 7.05 Å². The summed E-state index contributed by atoms with van der Waals surface area (Å²) in [5.74, 6) is 2.39. The van der Waals surface area contributed by atoms with Gasteiger partial charge in [0.2, 0.25) is 0 Å². The Morgan fingerprint density at radius 1 is 0.800 bits per heavy atom. The molecular weight excluding hydrogens is 486 g/mol. The van der Waals surface area contributed by atoms with E-state index in [1.165, 1.54) is 39.2 Å². The lowest BCUT2D eigenvalue weighted by Gasteiger charge is -2.27. The maximum Gasteiger partial charge on any atom is 0.133 e. The number of para-hydroxylation sites is 2. The molecule has 40 heavy (non-hydrogen) atoms. The van der Waals surface area contributed by atoms with E-state index < -0.39 is 0 Å². The highest BCUT2D eigenvalue weighted by Gasteiger charge is 2.38. The molecule has 1 unspecified atom stereocenters. The first-order chi connectivity index (χ1) is 19.3. The van der Waals surface area contributed by atoms with Crippen LogP contribution in [0, 0.1) is 5.92 Å². The van der Waals surface area contributed by atoms with Crippen LogP contribution in [0.15, 0.2) is 126 Å². The second kappa shape index (κ2) is 10.3. The molecular formula is C38H41NO. The van der Waals surface area contributed by atoms with Gasteiger partial charge in [-0.1, -0.05) is 107 Å². The van der Waals surface area contributed by atoms with Crippen molar-refractivity contribution >= 4 is 5.69 Å². The Kier molecular flexibility index (Phi) is 6.82. The SMILES string of the molecule is CN1C(=CC=C2CCCC(C=CC3Cc4ccccc4C3(C)C)=C2Oc2ccccc2)C(C)(C)c2ccccc21. The van der Waals surface area contributed by atoms with Crippen LogP contribution in [0.5, 0.6) is 5.75 Å². The Morgan fingerprint density at radius 3 is 2.25 bits per heavy atom. The van der Waals surface area contributed by atoms with E-state index in [-0.39, 0.29) is 10.8 Å². The summed E-state index contributed by atoms with van der Waals surface area (Å²) >= 11 is 0. The molecule has 2 nitrogen and oxygen atoms in total. The second-order valence-corrected chi connectivity index (χ2v) is 12.6. The minimum absolute atomic E-state index is 0.0486. The molecule has 1 heterocycles. The van der Waals surface area contributed by atoms with Gasteiger partial charge in [-0.25, -0.2) is 0 Å². The Morgan fingerprint density at radius 2 is 1.50 bits per heavy atom. The average Bonchev–Trinajstić information content (AvgIpc) is 3.33. The van der Waals surface area contributed by atoms with Gasteiger partial charge < -0.3 is 9.64 Å². The standard InChI is InChI=1S/C38H41NO/c1-37(2)30(26-29-14-9-10-19-32(29)37)24-22-27-15-13-16-28(36(27)40-31-17-7-6-8-18-31)23-25-35-38(3,4)33-20-11-12-21-34(33)39(35)5/h6-12,14,17-25,30H,13,15-16,26H2,1-5H3. The molecule has 204 valence electrons. The Labute approximate surface area is 240 Å². The summed E-state index contributed by atoms with van der Waals surface area (Å²) in [5.41, 5.74) is 9.61. The molecule has 0 fully saturated rings. The zero-order valence-electron chi connectivity index (χ0n) is 24.6. The number of rotatable bonds is 5. The average molecular weight is 528 g/mol. The van der Waals surface area contributed by atoms with Crippen LogP contribution in [0.4, 0.5) is 5.69 Å². The molecule has 0 radical (unpaired) electrons. The lowest BCUT2D eigenvalue weighted by atomic mass is 9.78. The molecule has 2 heteroatoms. The van der Waals surface area contributed by atoms with E-state index in [4.69, 9.17) is 4.74 Å². The fraction of sp³-hybridized carbons (Fsp3) is 0.316. The minimum atomic E-state index is -0.0486. The van der Waals surface area contributed by atoms with Gasteiger partial charge in [0.15, 0.2) is 0 Å². The highest BCUT2D eigenvalue weighted by atomic mass is 16.5. The molecule has 3 aliphatic rings. The highest BCUT2D eigenvalue weighted by molar-refractivity contribution is 5.70. The first-order valence-electron chi connectivity index (χ1n) is 14.7. The largest absolute Gasteiger partial charge is 0.457 e. The maximum atomic E-state index is 6.68. The van der Waals surface area contributed by atoms with Crippen LogP contribution in [0.25, 0.3) is 0 Å². The molecule has 2 aliphatic carbocycles. The van der Waals surface area contributed by atoms with Crippen LogP contribution in [0.2, 0.25) is 0 Å². The molecule has 1 aliphatic heterocycles. The van der Waals surface area contributed by atoms with E-state index in [2.05, 4.69) is 125 Å². The van der Waals surface area contributed by atoms with Crippen molar-refractivity contribution in [1.29, 1.82) is 0 Å². The molecule has 0 bridgehead atoms. The van der Waals surface area contributed by atoms with Crippen LogP contribution < -0.4 is 9.64 Å². The predicted molar refractivity (Wildman–Crippen MR) is 168 cm³/mol. The Hall–Kier alpha value is -3.78. The number of ether oxygens (including phenoxy) is 1. The van der Waals surface area contributed by atoms with Crippen molar-refractivity contribution in [2.24, 2.45) is 5.92 Å². The molecule has 0 N–H and O–H groups in total. The third kappa shape index (κ3) is 4.64. The van der Waals surface area contributed by atoms with E-state index in [1.54, 1.807) is 0 Å². The molecule has 6 rings (SSSR count). The summed E-state index contributed by atoms with van der Waals surface area (Å²) in [4.78, 5) is 2.34. The fourth-order valence-electron chi connectivity index (χ4n) is 7.00. The molecule has 1 atom stereocenters. The van der Waals surface area contributed by atoms with Gasteiger partial charge in [-0.05, 0) is 89.1 Å². The zero-order chi connectivity index (χ0) is 27.9. The normalized spacial score (nSPS) is 23.2. The van der Waals surface area contributed by atoms with Crippen molar-refractivity contribution in [3.05, 3.63) is 142 Å². The number of allylic oxidation sites excluding steroid dienone is 7. The highest BCUT2D eigenvalue weighted by Crippen LogP contribution is 2.47. The van der Waals surface area contributed by atoms with E-state index in [0.29, 0.717) is 5.92 Å². The summed E-state index contributed by atoms with van der Waals surface area (Å²) in [6, 6.07) is 28.0. The number of likely N-dealkylation sites (N-methyl/N-ethyl adjacent to an activating group) is 1. The van der Waals surface area contributed by atoms with Gasteiger partial charge in [0.1, 0.15) is 11.5 Å². The lowest BCUT2D eigenvalue weighted by Crippen LogP contribution is -2.22. The summed E-state index contributed by atoms with van der Waals surface area (Å²) < 4.78 is 6.68. The van der Waals surface area contributed by atoms with Gasteiger partial charge in [-0.15, -0.1) is 0 Å². The van der Waals surface area contributed by atoms with Gasteiger partial charge in [-0.2, -0.15) is 0 Å². The van der Waals surface area contributed by atoms with Gasteiger partial charge in [0, 0.05) is 23.8 Å². The molecule has 3 aromatic carbocycles. The van der Waals surface area contributed by atoms with E-state index in [9.17, 15) is 0 Å². The van der Waals surface area contributed by atoms with Crippen molar-refractivity contribution in [2.75, 3.05) is 11.9 Å². The van der Waals surface area contributed by atoms with Crippen LogP contribution in [0.3, 0.4) is 0 Å². The monoisotopic (exact) mass is 527 g/mol. The van der Waals surface area contributed by atoms with Crippen LogP contribution in [0.1, 0.15) is 63.6 Å². The summed E-state index contributed by atoms with van der Waals surface area (Å²) in [6.45, 7) is 9.43. The number of nitrogens with zero attached hydrogens (tertiary/aromatic N) is 1. The van der Waals surface area contributed by atoms with Crippen LogP contribution in [-0.2, 0) is 17.3 Å². The zero-order valence-corrected chi connectivity index (χ0v) is 24.6. The molecule has 0 amide bonds. The van der Waals surface area contributed by atoms with E-state index >= 15 is 0 Å². The van der Waals surface area contributed by atoms with E-state index in [0.717, 1.165) is 37.2 Å². The van der Waals surface area contributed by atoms with E-state index in [1.807, 2.05) is 18.2 Å². The van der Waals surface area contributed by atoms with Gasteiger partial charge in [0.05, 0.1) is 0 Å². The first-order valence-corrected chi connectivity index (χ1v) is 14.7. The summed E-state index contributed by atoms with van der Waals surface area (Å²) in [7, 11) is 2.19. The third-order valence-electron chi connectivity index (χ3n) is 9.43. The molecule has 3 aromatic rings. The van der Waals surface area contributed by atoms with Crippen molar-refractivity contribution < 1.29 is 4.74 Å². The van der Waals surface area contributed by atoms with Crippen molar-refractivity contribution in [1.82, 2.24) is 0 Å². The quantitative estimate of drug-likeness (QED) is 0.328. The molecule has 0 saturated carbocycles. The smallest absolute Gasteiger partial charge is 0.133 e. The number of benzene rings is 3. The maximum absolute atomic E-state index is 6.68.